The number of rotatable bonds is 6. The minimum Gasteiger partial charge on any atom is -0.349 e. The van der Waals surface area contributed by atoms with Crippen LogP contribution in [0.1, 0.15) is 57.0 Å². The molecular formula is C19H28N3OS+. The van der Waals surface area contributed by atoms with Crippen LogP contribution in [0.25, 0.3) is 10.2 Å². The van der Waals surface area contributed by atoms with Crippen molar-refractivity contribution in [3.63, 3.8) is 0 Å². The van der Waals surface area contributed by atoms with Gasteiger partial charge in [-0.25, -0.2) is 4.98 Å². The lowest BCUT2D eigenvalue weighted by molar-refractivity contribution is -0.929. The number of nitrogens with zero attached hydrogens (tertiary/aromatic N) is 1. The predicted octanol–water partition coefficient (Wildman–Crippen LogP) is 2.71. The van der Waals surface area contributed by atoms with Crippen LogP contribution in [0.4, 0.5) is 0 Å². The van der Waals surface area contributed by atoms with Gasteiger partial charge in [-0.1, -0.05) is 26.0 Å². The molecule has 0 radical (unpaired) electrons. The lowest BCUT2D eigenvalue weighted by Crippen LogP contribution is -3.14. The van der Waals surface area contributed by atoms with Crippen molar-refractivity contribution in [1.29, 1.82) is 0 Å². The molecule has 1 saturated heterocycles. The molecular weight excluding hydrogens is 318 g/mol. The molecule has 2 heterocycles. The molecule has 130 valence electrons. The fourth-order valence-corrected chi connectivity index (χ4v) is 4.77. The van der Waals surface area contributed by atoms with Crippen molar-refractivity contribution < 1.29 is 9.69 Å². The van der Waals surface area contributed by atoms with E-state index in [0.29, 0.717) is 18.6 Å². The van der Waals surface area contributed by atoms with Gasteiger partial charge in [0.15, 0.2) is 11.6 Å². The number of fused-ring (bicyclic) bond motifs is 1. The number of carbonyl (C=O) groups excluding carboxylic acids is 1. The summed E-state index contributed by atoms with van der Waals surface area (Å²) in [6, 6.07) is 9.00. The standard InChI is InChI=1S/C19H27N3OS/c1-3-14(4-2)20-18(23)13-22-12-8-7-10-16(22)19-21-15-9-5-6-11-17(15)24-19/h5-6,9,11,14,16H,3-4,7-8,10,12-13H2,1-2H3,(H,20,23)/p+1/t16-/m0/s1. The molecule has 1 aliphatic heterocycles. The molecule has 0 aliphatic carbocycles. The number of carbonyl (C=O) groups is 1. The van der Waals surface area contributed by atoms with Crippen molar-refractivity contribution in [1.82, 2.24) is 10.3 Å². The van der Waals surface area contributed by atoms with Gasteiger partial charge < -0.3 is 10.2 Å². The summed E-state index contributed by atoms with van der Waals surface area (Å²) >= 11 is 1.79. The first-order valence-corrected chi connectivity index (χ1v) is 10.0. The van der Waals surface area contributed by atoms with Crippen LogP contribution in [-0.4, -0.2) is 30.0 Å². The van der Waals surface area contributed by atoms with Crippen LogP contribution in [0, 0.1) is 0 Å². The zero-order chi connectivity index (χ0) is 16.9. The maximum Gasteiger partial charge on any atom is 0.275 e. The van der Waals surface area contributed by atoms with E-state index in [1.54, 1.807) is 11.3 Å². The molecule has 1 aliphatic rings. The van der Waals surface area contributed by atoms with Crippen molar-refractivity contribution in [2.75, 3.05) is 13.1 Å². The number of nitrogens with one attached hydrogen (secondary N) is 2. The Kier molecular flexibility index (Phi) is 5.85. The van der Waals surface area contributed by atoms with Crippen LogP contribution >= 0.6 is 11.3 Å². The molecule has 1 aromatic carbocycles. The third-order valence-corrected chi connectivity index (χ3v) is 6.23. The van der Waals surface area contributed by atoms with Gasteiger partial charge in [0, 0.05) is 12.5 Å². The van der Waals surface area contributed by atoms with Crippen LogP contribution < -0.4 is 10.2 Å². The molecule has 0 saturated carbocycles. The molecule has 5 heteroatoms. The van der Waals surface area contributed by atoms with E-state index in [9.17, 15) is 4.79 Å². The molecule has 1 amide bonds. The monoisotopic (exact) mass is 346 g/mol. The quantitative estimate of drug-likeness (QED) is 0.845. The average Bonchev–Trinajstić information content (AvgIpc) is 3.04. The summed E-state index contributed by atoms with van der Waals surface area (Å²) < 4.78 is 1.25. The van der Waals surface area contributed by atoms with E-state index < -0.39 is 0 Å². The van der Waals surface area contributed by atoms with Gasteiger partial charge in [-0.2, -0.15) is 0 Å². The molecule has 1 fully saturated rings. The Balaban J connectivity index is 1.72. The molecule has 24 heavy (non-hydrogen) atoms. The van der Waals surface area contributed by atoms with Crippen LogP contribution in [-0.2, 0) is 4.79 Å². The Bertz CT molecular complexity index is 647. The molecule has 4 nitrogen and oxygen atoms in total. The van der Waals surface area contributed by atoms with E-state index in [2.05, 4.69) is 37.4 Å². The first kappa shape index (κ1) is 17.4. The Hall–Kier alpha value is -1.46. The number of likely N-dealkylation sites (tertiary alicyclic amines) is 1. The lowest BCUT2D eigenvalue weighted by Gasteiger charge is -2.31. The number of para-hydroxylation sites is 1. The van der Waals surface area contributed by atoms with E-state index >= 15 is 0 Å². The highest BCUT2D eigenvalue weighted by molar-refractivity contribution is 7.18. The number of piperidine rings is 1. The normalized spacial score (nSPS) is 21.3. The summed E-state index contributed by atoms with van der Waals surface area (Å²) in [6.07, 6.45) is 5.57. The lowest BCUT2D eigenvalue weighted by atomic mass is 10.0. The Labute approximate surface area is 148 Å². The molecule has 3 rings (SSSR count). The van der Waals surface area contributed by atoms with Crippen LogP contribution in [0.3, 0.4) is 0 Å². The Morgan fingerprint density at radius 3 is 2.88 bits per heavy atom. The maximum absolute atomic E-state index is 12.4. The van der Waals surface area contributed by atoms with E-state index in [1.165, 1.54) is 27.4 Å². The fourth-order valence-electron chi connectivity index (χ4n) is 3.61. The molecule has 2 aromatic rings. The topological polar surface area (TPSA) is 46.4 Å². The number of hydrogen-bond acceptors (Lipinski definition) is 3. The fraction of sp³-hybridized carbons (Fsp3) is 0.579. The second-order valence-corrected chi connectivity index (χ2v) is 7.80. The van der Waals surface area contributed by atoms with Gasteiger partial charge >= 0.3 is 0 Å². The molecule has 2 N–H and O–H groups in total. The van der Waals surface area contributed by atoms with Crippen molar-refractivity contribution in [3.8, 4) is 0 Å². The smallest absolute Gasteiger partial charge is 0.275 e. The second kappa shape index (κ2) is 8.08. The third-order valence-electron chi connectivity index (χ3n) is 5.08. The summed E-state index contributed by atoms with van der Waals surface area (Å²) in [4.78, 5) is 18.7. The zero-order valence-corrected chi connectivity index (χ0v) is 15.5. The van der Waals surface area contributed by atoms with Gasteiger partial charge in [0.05, 0.1) is 16.8 Å². The van der Waals surface area contributed by atoms with E-state index in [1.807, 2.05) is 6.07 Å². The zero-order valence-electron chi connectivity index (χ0n) is 14.7. The number of quaternary nitrogens is 1. The second-order valence-electron chi connectivity index (χ2n) is 6.73. The van der Waals surface area contributed by atoms with Gasteiger partial charge in [-0.15, -0.1) is 11.3 Å². The minimum absolute atomic E-state index is 0.187. The maximum atomic E-state index is 12.4. The van der Waals surface area contributed by atoms with Crippen LogP contribution in [0.2, 0.25) is 0 Å². The Morgan fingerprint density at radius 2 is 2.12 bits per heavy atom. The van der Waals surface area contributed by atoms with Crippen molar-refractivity contribution in [3.05, 3.63) is 29.3 Å². The number of hydrogen-bond donors (Lipinski definition) is 2. The largest absolute Gasteiger partial charge is 0.349 e. The predicted molar refractivity (Wildman–Crippen MR) is 99.4 cm³/mol. The van der Waals surface area contributed by atoms with Crippen molar-refractivity contribution in [2.24, 2.45) is 0 Å². The summed E-state index contributed by atoms with van der Waals surface area (Å²) in [7, 11) is 0. The van der Waals surface area contributed by atoms with E-state index in [0.717, 1.165) is 31.3 Å². The summed E-state index contributed by atoms with van der Waals surface area (Å²) in [5.41, 5.74) is 1.09. The van der Waals surface area contributed by atoms with Gasteiger partial charge in [0.1, 0.15) is 6.04 Å². The highest BCUT2D eigenvalue weighted by atomic mass is 32.1. The average molecular weight is 347 g/mol. The van der Waals surface area contributed by atoms with E-state index in [4.69, 9.17) is 4.98 Å². The Morgan fingerprint density at radius 1 is 1.33 bits per heavy atom. The minimum atomic E-state index is 0.187. The first-order chi connectivity index (χ1) is 11.7. The van der Waals surface area contributed by atoms with Gasteiger partial charge in [0.25, 0.3) is 5.91 Å². The van der Waals surface area contributed by atoms with Crippen LogP contribution in [0.5, 0.6) is 0 Å². The third kappa shape index (κ3) is 3.95. The van der Waals surface area contributed by atoms with Gasteiger partial charge in [-0.3, -0.25) is 4.79 Å². The van der Waals surface area contributed by atoms with Crippen LogP contribution in [0.15, 0.2) is 24.3 Å². The van der Waals surface area contributed by atoms with Gasteiger partial charge in [-0.05, 0) is 37.8 Å². The number of thiazole rings is 1. The molecule has 0 spiro atoms. The summed E-state index contributed by atoms with van der Waals surface area (Å²) in [6.45, 7) is 5.90. The summed E-state index contributed by atoms with van der Waals surface area (Å²) in [5, 5.41) is 4.38. The highest BCUT2D eigenvalue weighted by Gasteiger charge is 2.32. The molecule has 1 aromatic heterocycles. The number of aromatic nitrogens is 1. The number of benzene rings is 1. The van der Waals surface area contributed by atoms with E-state index in [-0.39, 0.29) is 5.91 Å². The van der Waals surface area contributed by atoms with Crippen molar-refractivity contribution >= 4 is 27.5 Å². The highest BCUT2D eigenvalue weighted by Crippen LogP contribution is 2.28. The SMILES string of the molecule is CCC(CC)NC(=O)C[NH+]1CCCC[C@H]1c1nc2ccccc2s1. The number of amides is 1. The molecule has 1 unspecified atom stereocenters. The van der Waals surface area contributed by atoms with Gasteiger partial charge in [0.2, 0.25) is 0 Å². The van der Waals surface area contributed by atoms with Crippen molar-refractivity contribution in [2.45, 2.75) is 58.0 Å². The molecule has 2 atom stereocenters. The molecule has 0 bridgehead atoms. The summed E-state index contributed by atoms with van der Waals surface area (Å²) in [5.74, 6) is 0.187. The first-order valence-electron chi connectivity index (χ1n) is 9.20.